The molecule has 0 N–H and O–H groups in total. The van der Waals surface area contributed by atoms with E-state index < -0.39 is 0 Å². The molecule has 0 bridgehead atoms. The van der Waals surface area contributed by atoms with Crippen molar-refractivity contribution in [2.45, 2.75) is 54.6 Å². The average molecular weight is 392 g/mol. The van der Waals surface area contributed by atoms with Gasteiger partial charge < -0.3 is 24.8 Å². The summed E-state index contributed by atoms with van der Waals surface area (Å²) in [6, 6.07) is 8.63. The van der Waals surface area contributed by atoms with Gasteiger partial charge in [-0.2, -0.15) is 57.6 Å². The molecule has 2 aromatic rings. The van der Waals surface area contributed by atoms with Gasteiger partial charge in [-0.05, 0) is 0 Å². The molecule has 0 atom stereocenters. The number of aryl methyl sites for hydroxylation is 4. The molecule has 2 rings (SSSR count). The van der Waals surface area contributed by atoms with E-state index in [9.17, 15) is 0 Å². The number of rotatable bonds is 0. The number of hydrogen-bond donors (Lipinski definition) is 0. The van der Waals surface area contributed by atoms with Crippen LogP contribution in [0.4, 0.5) is 0 Å². The molecule has 0 saturated heterocycles. The third-order valence-electron chi connectivity index (χ3n) is 3.53. The Hall–Kier alpha value is 0.211. The Morgan fingerprint density at radius 1 is 0.682 bits per heavy atom. The zero-order valence-electron chi connectivity index (χ0n) is 15.1. The SMILES string of the molecule is C[SiH]C.Cc1c[cH-]c(C)c1C.Cc1c[cH-]c(C)c1C.[Cl-].[Cl-].[Ti+4]. The minimum atomic E-state index is 0. The van der Waals surface area contributed by atoms with Gasteiger partial charge in [-0.3, -0.25) is 0 Å². The van der Waals surface area contributed by atoms with Gasteiger partial charge in [0.05, 0.1) is 0 Å². The molecule has 22 heavy (non-hydrogen) atoms. The van der Waals surface area contributed by atoms with Crippen LogP contribution >= 0.6 is 0 Å². The average Bonchev–Trinajstić information content (AvgIpc) is 2.82. The van der Waals surface area contributed by atoms with Gasteiger partial charge in [-0.15, -0.1) is 0 Å². The van der Waals surface area contributed by atoms with Crippen LogP contribution < -0.4 is 24.8 Å². The largest absolute Gasteiger partial charge is 4.00 e. The topological polar surface area (TPSA) is 0 Å². The van der Waals surface area contributed by atoms with Gasteiger partial charge in [0.25, 0.3) is 0 Å². The molecule has 0 saturated carbocycles. The second-order valence-corrected chi connectivity index (χ2v) is 6.38. The Morgan fingerprint density at radius 2 is 0.909 bits per heavy atom. The van der Waals surface area contributed by atoms with E-state index in [1.54, 1.807) is 0 Å². The normalized spacial score (nSPS) is 8.00. The van der Waals surface area contributed by atoms with Crippen LogP contribution in [0.15, 0.2) is 24.3 Å². The molecule has 1 radical (unpaired) electrons. The molecule has 123 valence electrons. The van der Waals surface area contributed by atoms with E-state index in [-0.39, 0.29) is 46.5 Å². The Labute approximate surface area is 167 Å². The van der Waals surface area contributed by atoms with E-state index in [4.69, 9.17) is 0 Å². The van der Waals surface area contributed by atoms with Gasteiger partial charge in [-0.1, -0.05) is 54.6 Å². The van der Waals surface area contributed by atoms with Crippen LogP contribution in [0.25, 0.3) is 0 Å². The van der Waals surface area contributed by atoms with Crippen molar-refractivity contribution in [2.75, 3.05) is 0 Å². The smallest absolute Gasteiger partial charge is 1.00 e. The predicted molar refractivity (Wildman–Crippen MR) is 91.4 cm³/mol. The van der Waals surface area contributed by atoms with Gasteiger partial charge in [0.15, 0.2) is 0 Å². The Balaban J connectivity index is -0.000000112. The predicted octanol–water partition coefficient (Wildman–Crippen LogP) is -0.814. The minimum absolute atomic E-state index is 0. The Bertz CT molecular complexity index is 404. The van der Waals surface area contributed by atoms with Crippen molar-refractivity contribution in [3.63, 3.8) is 0 Å². The second-order valence-electron chi connectivity index (χ2n) is 5.23. The fraction of sp³-hybridized carbons (Fsp3) is 0.444. The standard InChI is InChI=1S/2C8H11.C2H7Si.2ClH.Ti/c2*1-6-4-5-7(2)8(6)3;1-3-2;;;/h2*4-5H,1-3H3;3H,1-2H3;2*1H;/q2*-1;;;;+4/p-2. The zero-order chi connectivity index (χ0) is 15.0. The number of hydrogen-bond acceptors (Lipinski definition) is 0. The van der Waals surface area contributed by atoms with Crippen LogP contribution in [0.5, 0.6) is 0 Å². The minimum Gasteiger partial charge on any atom is -1.00 e. The molecule has 2 aromatic carbocycles. The molecular formula is C18H29Cl2SiTi. The summed E-state index contributed by atoms with van der Waals surface area (Å²) in [5, 5.41) is 0. The molecule has 0 nitrogen and oxygen atoms in total. The van der Waals surface area contributed by atoms with Crippen molar-refractivity contribution in [3.05, 3.63) is 57.6 Å². The van der Waals surface area contributed by atoms with E-state index in [0.717, 1.165) is 9.52 Å². The molecule has 0 fully saturated rings. The fourth-order valence-corrected chi connectivity index (χ4v) is 1.62. The third kappa shape index (κ3) is 10.9. The van der Waals surface area contributed by atoms with Crippen LogP contribution in [0.3, 0.4) is 0 Å². The maximum absolute atomic E-state index is 2.21. The summed E-state index contributed by atoms with van der Waals surface area (Å²) in [5.41, 5.74) is 8.49. The second kappa shape index (κ2) is 16.1. The quantitative estimate of drug-likeness (QED) is 0.407. The summed E-state index contributed by atoms with van der Waals surface area (Å²) < 4.78 is 0. The fourth-order valence-electron chi connectivity index (χ4n) is 1.62. The number of halogens is 2. The van der Waals surface area contributed by atoms with Gasteiger partial charge in [-0.25, -0.2) is 0 Å². The molecule has 0 amide bonds. The molecular weight excluding hydrogens is 363 g/mol. The third-order valence-corrected chi connectivity index (χ3v) is 3.53. The molecule has 0 aliphatic heterocycles. The van der Waals surface area contributed by atoms with Crippen LogP contribution in [-0.2, 0) is 21.7 Å². The first-order chi connectivity index (χ1) is 8.84. The van der Waals surface area contributed by atoms with Crippen molar-refractivity contribution in [2.24, 2.45) is 0 Å². The maximum Gasteiger partial charge on any atom is 4.00 e. The van der Waals surface area contributed by atoms with E-state index in [0.29, 0.717) is 0 Å². The van der Waals surface area contributed by atoms with Gasteiger partial charge >= 0.3 is 21.7 Å². The summed E-state index contributed by atoms with van der Waals surface area (Å²) >= 11 is 0. The van der Waals surface area contributed by atoms with Crippen LogP contribution in [0.1, 0.15) is 33.4 Å². The van der Waals surface area contributed by atoms with Crippen molar-refractivity contribution in [1.29, 1.82) is 0 Å². The molecule has 0 heterocycles. The summed E-state index contributed by atoms with van der Waals surface area (Å²) in [6.45, 7) is 17.3. The summed E-state index contributed by atoms with van der Waals surface area (Å²) in [7, 11) is 0.750. The van der Waals surface area contributed by atoms with Crippen LogP contribution in [0.2, 0.25) is 13.1 Å². The van der Waals surface area contributed by atoms with Gasteiger partial charge in [0.1, 0.15) is 0 Å². The maximum atomic E-state index is 2.21. The molecule has 0 aromatic heterocycles. The van der Waals surface area contributed by atoms with E-state index in [1.807, 2.05) is 0 Å². The molecule has 0 spiro atoms. The molecule has 0 aliphatic rings. The molecule has 0 unspecified atom stereocenters. The van der Waals surface area contributed by atoms with Gasteiger partial charge in [0, 0.05) is 9.52 Å². The van der Waals surface area contributed by atoms with Crippen LogP contribution in [0, 0.1) is 41.5 Å². The first-order valence-corrected chi connectivity index (χ1v) is 9.29. The molecule has 0 aliphatic carbocycles. The summed E-state index contributed by atoms with van der Waals surface area (Å²) in [5.74, 6) is 0. The zero-order valence-corrected chi connectivity index (χ0v) is 19.4. The van der Waals surface area contributed by atoms with Crippen molar-refractivity contribution >= 4 is 9.52 Å². The van der Waals surface area contributed by atoms with Crippen LogP contribution in [-0.4, -0.2) is 9.52 Å². The molecule has 4 heteroatoms. The first kappa shape index (κ1) is 30.1. The summed E-state index contributed by atoms with van der Waals surface area (Å²) in [6.07, 6.45) is 0. The van der Waals surface area contributed by atoms with Gasteiger partial charge in [0.2, 0.25) is 0 Å². The van der Waals surface area contributed by atoms with E-state index in [1.165, 1.54) is 33.4 Å². The van der Waals surface area contributed by atoms with E-state index >= 15 is 0 Å². The Kier molecular flexibility index (Phi) is 22.0. The van der Waals surface area contributed by atoms with Crippen molar-refractivity contribution in [3.8, 4) is 0 Å². The van der Waals surface area contributed by atoms with Crippen molar-refractivity contribution < 1.29 is 46.5 Å². The Morgan fingerprint density at radius 3 is 0.955 bits per heavy atom. The van der Waals surface area contributed by atoms with E-state index in [2.05, 4.69) is 78.9 Å². The first-order valence-electron chi connectivity index (χ1n) is 6.98. The monoisotopic (exact) mass is 391 g/mol. The summed E-state index contributed by atoms with van der Waals surface area (Å²) in [4.78, 5) is 0. The van der Waals surface area contributed by atoms with Crippen molar-refractivity contribution in [1.82, 2.24) is 0 Å².